The van der Waals surface area contributed by atoms with Gasteiger partial charge >= 0.3 is 0 Å². The number of rotatable bonds is 3. The highest BCUT2D eigenvalue weighted by atomic mass is 35.5. The first-order valence-corrected chi connectivity index (χ1v) is 7.99. The topological polar surface area (TPSA) is 46.3 Å². The van der Waals surface area contributed by atoms with Crippen LogP contribution in [0.15, 0.2) is 34.9 Å². The minimum absolute atomic E-state index is 0.127. The van der Waals surface area contributed by atoms with Crippen LogP contribution in [0, 0.1) is 5.92 Å². The third-order valence-electron chi connectivity index (χ3n) is 4.03. The molecule has 2 heterocycles. The summed E-state index contributed by atoms with van der Waals surface area (Å²) in [5.74, 6) is 1.37. The third-order valence-corrected chi connectivity index (χ3v) is 4.28. The van der Waals surface area contributed by atoms with E-state index in [0.29, 0.717) is 28.8 Å². The van der Waals surface area contributed by atoms with Crippen LogP contribution in [-0.2, 0) is 11.2 Å². The van der Waals surface area contributed by atoms with Crippen LogP contribution in [0.4, 0.5) is 0 Å². The number of carbonyl (C=O) groups is 1. The van der Waals surface area contributed by atoms with Crippen LogP contribution in [0.25, 0.3) is 11.3 Å². The standard InChI is InChI=1S/C17H19ClN2O2/c1-12-3-2-8-20(11-12)17(21)10-15-9-16(22-19-15)13-4-6-14(18)7-5-13/h4-7,9,12H,2-3,8,10-11H2,1H3. The minimum Gasteiger partial charge on any atom is -0.356 e. The van der Waals surface area contributed by atoms with Crippen molar-refractivity contribution in [3.63, 3.8) is 0 Å². The quantitative estimate of drug-likeness (QED) is 0.865. The van der Waals surface area contributed by atoms with Crippen molar-refractivity contribution in [1.82, 2.24) is 10.1 Å². The molecule has 0 bridgehead atoms. The van der Waals surface area contributed by atoms with Gasteiger partial charge in [0.25, 0.3) is 0 Å². The van der Waals surface area contributed by atoms with E-state index in [-0.39, 0.29) is 5.91 Å². The van der Waals surface area contributed by atoms with E-state index in [9.17, 15) is 4.79 Å². The second-order valence-electron chi connectivity index (χ2n) is 5.95. The lowest BCUT2D eigenvalue weighted by molar-refractivity contribution is -0.132. The number of hydrogen-bond acceptors (Lipinski definition) is 3. The van der Waals surface area contributed by atoms with E-state index in [1.807, 2.05) is 23.1 Å². The number of likely N-dealkylation sites (tertiary alicyclic amines) is 1. The summed E-state index contributed by atoms with van der Waals surface area (Å²) in [6.45, 7) is 3.89. The number of carbonyl (C=O) groups excluding carboxylic acids is 1. The fraction of sp³-hybridized carbons (Fsp3) is 0.412. The minimum atomic E-state index is 0.127. The van der Waals surface area contributed by atoms with Gasteiger partial charge in [0, 0.05) is 29.7 Å². The fourth-order valence-electron chi connectivity index (χ4n) is 2.83. The van der Waals surface area contributed by atoms with Crippen molar-refractivity contribution in [3.8, 4) is 11.3 Å². The zero-order valence-electron chi connectivity index (χ0n) is 12.6. The van der Waals surface area contributed by atoms with Gasteiger partial charge in [-0.05, 0) is 43.0 Å². The maximum Gasteiger partial charge on any atom is 0.228 e. The molecule has 116 valence electrons. The lowest BCUT2D eigenvalue weighted by atomic mass is 10.00. The monoisotopic (exact) mass is 318 g/mol. The molecule has 1 saturated heterocycles. The Kier molecular flexibility index (Phi) is 4.48. The largest absolute Gasteiger partial charge is 0.356 e. The van der Waals surface area contributed by atoms with Crippen LogP contribution in [0.5, 0.6) is 0 Å². The molecule has 1 amide bonds. The molecule has 1 fully saturated rings. The molecule has 1 aliphatic rings. The summed E-state index contributed by atoms with van der Waals surface area (Å²) in [5.41, 5.74) is 1.58. The first-order chi connectivity index (χ1) is 10.6. The van der Waals surface area contributed by atoms with E-state index in [1.54, 1.807) is 12.1 Å². The van der Waals surface area contributed by atoms with Crippen LogP contribution in [0.3, 0.4) is 0 Å². The zero-order valence-corrected chi connectivity index (χ0v) is 13.3. The van der Waals surface area contributed by atoms with Crippen molar-refractivity contribution in [2.75, 3.05) is 13.1 Å². The van der Waals surface area contributed by atoms with E-state index in [0.717, 1.165) is 25.1 Å². The molecule has 0 spiro atoms. The summed E-state index contributed by atoms with van der Waals surface area (Å²) in [5, 5.41) is 4.69. The van der Waals surface area contributed by atoms with Gasteiger partial charge in [0.2, 0.25) is 5.91 Å². The van der Waals surface area contributed by atoms with E-state index >= 15 is 0 Å². The Balaban J connectivity index is 1.66. The van der Waals surface area contributed by atoms with E-state index < -0.39 is 0 Å². The molecule has 0 aliphatic carbocycles. The molecule has 3 rings (SSSR count). The maximum absolute atomic E-state index is 12.3. The highest BCUT2D eigenvalue weighted by Crippen LogP contribution is 2.23. The van der Waals surface area contributed by atoms with Crippen molar-refractivity contribution in [2.24, 2.45) is 5.92 Å². The fourth-order valence-corrected chi connectivity index (χ4v) is 2.95. The number of amides is 1. The van der Waals surface area contributed by atoms with Gasteiger partial charge in [0.05, 0.1) is 12.1 Å². The second-order valence-corrected chi connectivity index (χ2v) is 6.39. The number of aromatic nitrogens is 1. The smallest absolute Gasteiger partial charge is 0.228 e. The van der Waals surface area contributed by atoms with Gasteiger partial charge in [-0.2, -0.15) is 0 Å². The Morgan fingerprint density at radius 3 is 2.91 bits per heavy atom. The first kappa shape index (κ1) is 15.1. The summed E-state index contributed by atoms with van der Waals surface area (Å²) in [6.07, 6.45) is 2.58. The Labute approximate surface area is 135 Å². The lowest BCUT2D eigenvalue weighted by Crippen LogP contribution is -2.39. The highest BCUT2D eigenvalue weighted by Gasteiger charge is 2.22. The van der Waals surface area contributed by atoms with Crippen LogP contribution >= 0.6 is 11.6 Å². The van der Waals surface area contributed by atoms with Gasteiger partial charge in [0.15, 0.2) is 5.76 Å². The molecular weight excluding hydrogens is 300 g/mol. The summed E-state index contributed by atoms with van der Waals surface area (Å²) in [4.78, 5) is 14.3. The molecular formula is C17H19ClN2O2. The van der Waals surface area contributed by atoms with Crippen LogP contribution in [0.2, 0.25) is 5.02 Å². The predicted molar refractivity (Wildman–Crippen MR) is 85.6 cm³/mol. The summed E-state index contributed by atoms with van der Waals surface area (Å²) < 4.78 is 5.34. The molecule has 5 heteroatoms. The van der Waals surface area contributed by atoms with Gasteiger partial charge in [-0.25, -0.2) is 0 Å². The normalized spacial score (nSPS) is 18.5. The molecule has 1 unspecified atom stereocenters. The number of piperidine rings is 1. The molecule has 0 N–H and O–H groups in total. The van der Waals surface area contributed by atoms with Crippen molar-refractivity contribution in [2.45, 2.75) is 26.2 Å². The highest BCUT2D eigenvalue weighted by molar-refractivity contribution is 6.30. The Bertz CT molecular complexity index is 651. The van der Waals surface area contributed by atoms with Crippen LogP contribution in [0.1, 0.15) is 25.5 Å². The van der Waals surface area contributed by atoms with Gasteiger partial charge < -0.3 is 9.42 Å². The van der Waals surface area contributed by atoms with Gasteiger partial charge in [-0.15, -0.1) is 0 Å². The Morgan fingerprint density at radius 2 is 2.18 bits per heavy atom. The molecule has 1 aliphatic heterocycles. The molecule has 1 atom stereocenters. The predicted octanol–water partition coefficient (Wildman–Crippen LogP) is 3.80. The molecule has 4 nitrogen and oxygen atoms in total. The van der Waals surface area contributed by atoms with Crippen molar-refractivity contribution < 1.29 is 9.32 Å². The Hall–Kier alpha value is -1.81. The summed E-state index contributed by atoms with van der Waals surface area (Å²) >= 11 is 5.87. The molecule has 1 aromatic carbocycles. The number of hydrogen-bond donors (Lipinski definition) is 0. The van der Waals surface area contributed by atoms with Crippen LogP contribution in [-0.4, -0.2) is 29.1 Å². The van der Waals surface area contributed by atoms with Gasteiger partial charge in [-0.3, -0.25) is 4.79 Å². The average molecular weight is 319 g/mol. The molecule has 2 aromatic rings. The zero-order chi connectivity index (χ0) is 15.5. The van der Waals surface area contributed by atoms with Crippen molar-refractivity contribution in [3.05, 3.63) is 41.0 Å². The number of benzene rings is 1. The SMILES string of the molecule is CC1CCCN(C(=O)Cc2cc(-c3ccc(Cl)cc3)on2)C1. The van der Waals surface area contributed by atoms with Crippen LogP contribution < -0.4 is 0 Å². The third kappa shape index (κ3) is 3.50. The Morgan fingerprint density at radius 1 is 1.41 bits per heavy atom. The molecule has 0 saturated carbocycles. The van der Waals surface area contributed by atoms with Gasteiger partial charge in [-0.1, -0.05) is 23.7 Å². The van der Waals surface area contributed by atoms with E-state index in [1.165, 1.54) is 6.42 Å². The summed E-state index contributed by atoms with van der Waals surface area (Å²) in [7, 11) is 0. The van der Waals surface area contributed by atoms with E-state index in [2.05, 4.69) is 12.1 Å². The summed E-state index contributed by atoms with van der Waals surface area (Å²) in [6, 6.07) is 9.19. The number of halogens is 1. The first-order valence-electron chi connectivity index (χ1n) is 7.61. The van der Waals surface area contributed by atoms with Crippen molar-refractivity contribution >= 4 is 17.5 Å². The van der Waals surface area contributed by atoms with E-state index in [4.69, 9.17) is 16.1 Å². The maximum atomic E-state index is 12.3. The lowest BCUT2D eigenvalue weighted by Gasteiger charge is -2.30. The van der Waals surface area contributed by atoms with Crippen molar-refractivity contribution in [1.29, 1.82) is 0 Å². The average Bonchev–Trinajstić information content (AvgIpc) is 2.96. The molecule has 1 aromatic heterocycles. The van der Waals surface area contributed by atoms with Gasteiger partial charge in [0.1, 0.15) is 0 Å². The number of nitrogens with zero attached hydrogens (tertiary/aromatic N) is 2. The molecule has 22 heavy (non-hydrogen) atoms. The molecule has 0 radical (unpaired) electrons. The second kappa shape index (κ2) is 6.53.